The van der Waals surface area contributed by atoms with Crippen molar-refractivity contribution in [3.63, 3.8) is 0 Å². The summed E-state index contributed by atoms with van der Waals surface area (Å²) in [6.45, 7) is 31.4. The van der Waals surface area contributed by atoms with Gasteiger partial charge in [-0.15, -0.1) is 36.4 Å². The van der Waals surface area contributed by atoms with Crippen LogP contribution < -0.4 is 11.1 Å². The fourth-order valence-electron chi connectivity index (χ4n) is 3.77. The first-order valence-corrected chi connectivity index (χ1v) is 18.1. The molecule has 0 rings (SSSR count). The lowest BCUT2D eigenvalue weighted by molar-refractivity contribution is -0.142. The number of carboxylic acids is 1. The summed E-state index contributed by atoms with van der Waals surface area (Å²) in [7, 11) is 1.31. The van der Waals surface area contributed by atoms with Crippen LogP contribution in [0, 0.1) is 29.6 Å². The zero-order valence-electron chi connectivity index (χ0n) is 32.4. The van der Waals surface area contributed by atoms with Crippen LogP contribution in [0.25, 0.3) is 0 Å². The summed E-state index contributed by atoms with van der Waals surface area (Å²) in [5.74, 6) is 0.992. The third-order valence-electron chi connectivity index (χ3n) is 5.93. The molecule has 0 aliphatic carbocycles. The van der Waals surface area contributed by atoms with Gasteiger partial charge >= 0.3 is 11.9 Å². The van der Waals surface area contributed by atoms with Crippen molar-refractivity contribution in [2.45, 2.75) is 153 Å². The molecule has 0 bridgehead atoms. The number of ether oxygens (including phenoxy) is 1. The van der Waals surface area contributed by atoms with Gasteiger partial charge in [-0.3, -0.25) is 14.4 Å². The van der Waals surface area contributed by atoms with E-state index in [-0.39, 0.29) is 41.2 Å². The minimum Gasteiger partial charge on any atom is -0.481 e. The quantitative estimate of drug-likeness (QED) is 0.0709. The Balaban J connectivity index is -0.000000111. The molecule has 0 aromatic heterocycles. The minimum absolute atomic E-state index is 0.146. The van der Waals surface area contributed by atoms with E-state index in [9.17, 15) is 14.4 Å². The van der Waals surface area contributed by atoms with Gasteiger partial charge in [-0.05, 0) is 70.6 Å². The second kappa shape index (κ2) is 42.4. The Morgan fingerprint density at radius 3 is 1.45 bits per heavy atom. The van der Waals surface area contributed by atoms with Crippen molar-refractivity contribution < 1.29 is 29.3 Å². The van der Waals surface area contributed by atoms with E-state index in [0.29, 0.717) is 11.8 Å². The molecule has 2 unspecified atom stereocenters. The summed E-state index contributed by atoms with van der Waals surface area (Å²) in [4.78, 5) is 31.8. The Labute approximate surface area is 300 Å². The SMILES string of the molecule is C=CCC(C)CCC.C=CCC(O)CCC.CC(C)C[C@H](C)C(=O)NC(C)C.CC(C)C[C@H](C)C(=O)O.COC(=O)[C@H](C)N.ClCCl. The highest BCUT2D eigenvalue weighted by Crippen LogP contribution is 2.11. The zero-order chi connectivity index (χ0) is 38.5. The van der Waals surface area contributed by atoms with Crippen LogP contribution in [0.15, 0.2) is 25.3 Å². The molecular weight excluding hydrogens is 639 g/mol. The Bertz CT molecular complexity index is 701. The van der Waals surface area contributed by atoms with Crippen molar-refractivity contribution in [2.24, 2.45) is 35.3 Å². The Morgan fingerprint density at radius 1 is 0.809 bits per heavy atom. The highest BCUT2D eigenvalue weighted by molar-refractivity contribution is 6.40. The molecule has 1 amide bonds. The van der Waals surface area contributed by atoms with Gasteiger partial charge < -0.3 is 26.0 Å². The molecule has 10 heteroatoms. The van der Waals surface area contributed by atoms with Crippen LogP contribution in [0.5, 0.6) is 0 Å². The van der Waals surface area contributed by atoms with Crippen LogP contribution >= 0.6 is 23.2 Å². The number of esters is 1. The third-order valence-corrected chi connectivity index (χ3v) is 5.93. The van der Waals surface area contributed by atoms with Crippen LogP contribution in [0.2, 0.25) is 0 Å². The maximum Gasteiger partial charge on any atom is 0.322 e. The Hall–Kier alpha value is -1.61. The van der Waals surface area contributed by atoms with Gasteiger partial charge in [0.2, 0.25) is 5.91 Å². The van der Waals surface area contributed by atoms with Gasteiger partial charge in [-0.2, -0.15) is 0 Å². The smallest absolute Gasteiger partial charge is 0.322 e. The van der Waals surface area contributed by atoms with Gasteiger partial charge in [0.1, 0.15) is 6.04 Å². The molecule has 284 valence electrons. The number of hydrogen-bond acceptors (Lipinski definition) is 6. The van der Waals surface area contributed by atoms with Crippen LogP contribution in [-0.2, 0) is 19.1 Å². The second-order valence-corrected chi connectivity index (χ2v) is 13.7. The predicted octanol–water partition coefficient (Wildman–Crippen LogP) is 9.60. The first kappa shape index (κ1) is 57.6. The number of carboxylic acid groups (broad SMARTS) is 1. The number of carbonyl (C=O) groups excluding carboxylic acids is 2. The summed E-state index contributed by atoms with van der Waals surface area (Å²) >= 11 is 9.53. The van der Waals surface area contributed by atoms with Gasteiger partial charge in [0, 0.05) is 12.0 Å². The standard InChI is InChI=1S/C10H21NO.C8H16.C7H14O2.C7H14O.C4H9NO2.CH2Cl2/c1-7(2)6-9(5)10(12)11-8(3)4;1-4-6-8(3)7-5-2;1-5(2)4-6(3)7(8)9;1-3-5-7(8)6-4-2;1-3(5)4(6)7-2;2-1-3/h7-9H,6H2,1-5H3,(H,11,12);4,8H,1,5-7H2,2-3H3;5-6H,4H2,1-3H3,(H,8,9);3,7-8H,1,4-6H2,2H3;3H,5H2,1-2H3;1H2/t9-;;6-;;3-;/m0.0.0./s1. The molecule has 0 aromatic rings. The van der Waals surface area contributed by atoms with Crippen LogP contribution in [0.1, 0.15) is 134 Å². The van der Waals surface area contributed by atoms with E-state index in [0.717, 1.165) is 38.0 Å². The summed E-state index contributed by atoms with van der Waals surface area (Å²) in [6, 6.07) is -0.239. The number of aliphatic hydroxyl groups is 1. The number of aliphatic hydroxyl groups excluding tert-OH is 1. The number of alkyl halides is 2. The van der Waals surface area contributed by atoms with E-state index in [1.807, 2.05) is 40.7 Å². The fourth-order valence-corrected chi connectivity index (χ4v) is 3.77. The number of nitrogens with one attached hydrogen (secondary N) is 1. The second-order valence-electron chi connectivity index (χ2n) is 12.9. The molecule has 0 saturated carbocycles. The van der Waals surface area contributed by atoms with Crippen molar-refractivity contribution >= 4 is 41.0 Å². The maximum atomic E-state index is 11.4. The van der Waals surface area contributed by atoms with Crippen LogP contribution in [-0.4, -0.2) is 58.7 Å². The van der Waals surface area contributed by atoms with E-state index in [2.05, 4.69) is 57.8 Å². The van der Waals surface area contributed by atoms with Crippen molar-refractivity contribution in [2.75, 3.05) is 12.4 Å². The van der Waals surface area contributed by atoms with Gasteiger partial charge in [-0.1, -0.05) is 93.7 Å². The summed E-state index contributed by atoms with van der Waals surface area (Å²) in [6.07, 6.45) is 11.8. The minimum atomic E-state index is -0.691. The number of rotatable bonds is 16. The summed E-state index contributed by atoms with van der Waals surface area (Å²) < 4.78 is 4.25. The Kier molecular flexibility index (Phi) is 52.0. The molecule has 0 fully saturated rings. The summed E-state index contributed by atoms with van der Waals surface area (Å²) in [5, 5.41) is 20.5. The molecule has 5 N–H and O–H groups in total. The maximum absolute atomic E-state index is 11.4. The number of halogens is 2. The number of allylic oxidation sites excluding steroid dienone is 1. The number of hydrogen-bond donors (Lipinski definition) is 4. The number of methoxy groups -OCH3 is 1. The van der Waals surface area contributed by atoms with E-state index < -0.39 is 12.0 Å². The monoisotopic (exact) mass is 715 g/mol. The molecule has 0 aromatic carbocycles. The first-order chi connectivity index (χ1) is 21.7. The van der Waals surface area contributed by atoms with Crippen molar-refractivity contribution in [3.8, 4) is 0 Å². The molecule has 5 atom stereocenters. The number of amides is 1. The topological polar surface area (TPSA) is 139 Å². The lowest BCUT2D eigenvalue weighted by atomic mass is 9.98. The molecule has 47 heavy (non-hydrogen) atoms. The van der Waals surface area contributed by atoms with Crippen molar-refractivity contribution in [1.29, 1.82) is 0 Å². The largest absolute Gasteiger partial charge is 0.481 e. The van der Waals surface area contributed by atoms with E-state index in [4.69, 9.17) is 39.1 Å². The van der Waals surface area contributed by atoms with Crippen molar-refractivity contribution in [1.82, 2.24) is 5.32 Å². The lowest BCUT2D eigenvalue weighted by Crippen LogP contribution is -2.34. The molecule has 0 heterocycles. The predicted molar refractivity (Wildman–Crippen MR) is 205 cm³/mol. The summed E-state index contributed by atoms with van der Waals surface area (Å²) in [5.41, 5.74) is 5.07. The van der Waals surface area contributed by atoms with E-state index in [1.54, 1.807) is 19.9 Å². The Morgan fingerprint density at radius 2 is 1.21 bits per heavy atom. The van der Waals surface area contributed by atoms with Gasteiger partial charge in [0.25, 0.3) is 0 Å². The highest BCUT2D eigenvalue weighted by atomic mass is 35.5. The average Bonchev–Trinajstić information content (AvgIpc) is 2.94. The molecule has 0 radical (unpaired) electrons. The van der Waals surface area contributed by atoms with Gasteiger partial charge in [0.05, 0.1) is 24.5 Å². The number of nitrogens with two attached hydrogens (primary N) is 1. The molecule has 0 aliphatic heterocycles. The van der Waals surface area contributed by atoms with Crippen LogP contribution in [0.3, 0.4) is 0 Å². The normalized spacial score (nSPS) is 12.9. The molecule has 0 spiro atoms. The zero-order valence-corrected chi connectivity index (χ0v) is 33.9. The van der Waals surface area contributed by atoms with Gasteiger partial charge in [-0.25, -0.2) is 0 Å². The number of aliphatic carboxylic acids is 1. The van der Waals surface area contributed by atoms with E-state index >= 15 is 0 Å². The molecule has 8 nitrogen and oxygen atoms in total. The highest BCUT2D eigenvalue weighted by Gasteiger charge is 2.14. The van der Waals surface area contributed by atoms with Gasteiger partial charge in [0.15, 0.2) is 0 Å². The molecular formula is C37H76Cl2N2O6. The average molecular weight is 716 g/mol. The first-order valence-electron chi connectivity index (χ1n) is 17.1. The third kappa shape index (κ3) is 60.2. The molecule has 0 saturated heterocycles. The molecule has 0 aliphatic rings. The number of carbonyl (C=O) groups is 3. The van der Waals surface area contributed by atoms with Crippen molar-refractivity contribution in [3.05, 3.63) is 25.3 Å². The van der Waals surface area contributed by atoms with E-state index in [1.165, 1.54) is 26.4 Å². The fraction of sp³-hybridized carbons (Fsp3) is 0.811. The lowest BCUT2D eigenvalue weighted by Gasteiger charge is -2.15. The van der Waals surface area contributed by atoms with Crippen LogP contribution in [0.4, 0.5) is 0 Å².